The molecule has 1 saturated heterocycles. The van der Waals surface area contributed by atoms with Crippen molar-refractivity contribution in [3.63, 3.8) is 0 Å². The van der Waals surface area contributed by atoms with E-state index in [0.29, 0.717) is 34.3 Å². The predicted molar refractivity (Wildman–Crippen MR) is 130 cm³/mol. The Bertz CT molecular complexity index is 989. The second kappa shape index (κ2) is 11.6. The quantitative estimate of drug-likeness (QED) is 0.593. The van der Waals surface area contributed by atoms with Gasteiger partial charge >= 0.3 is 0 Å². The molecule has 31 heavy (non-hydrogen) atoms. The molecule has 0 saturated carbocycles. The van der Waals surface area contributed by atoms with Gasteiger partial charge < -0.3 is 14.7 Å². The molecule has 5 nitrogen and oxygen atoms in total. The highest BCUT2D eigenvalue weighted by Gasteiger charge is 2.19. The maximum atomic E-state index is 10.1. The van der Waals surface area contributed by atoms with E-state index in [1.165, 1.54) is 0 Å². The number of benzene rings is 1. The molecule has 2 aromatic rings. The number of aromatic nitrogens is 1. The van der Waals surface area contributed by atoms with Gasteiger partial charge in [-0.3, -0.25) is 4.90 Å². The van der Waals surface area contributed by atoms with Crippen LogP contribution in [-0.4, -0.2) is 54.3 Å². The fraction of sp³-hybridized carbons (Fsp3) is 0.458. The van der Waals surface area contributed by atoms with Crippen molar-refractivity contribution < 1.29 is 9.84 Å². The molecule has 1 N–H and O–H groups in total. The predicted octanol–water partition coefficient (Wildman–Crippen LogP) is 4.25. The van der Waals surface area contributed by atoms with Gasteiger partial charge in [0.1, 0.15) is 11.1 Å². The Labute approximate surface area is 194 Å². The molecule has 0 aliphatic carbocycles. The number of rotatable bonds is 8. The van der Waals surface area contributed by atoms with Gasteiger partial charge in [0.05, 0.1) is 22.3 Å². The first kappa shape index (κ1) is 23.7. The summed E-state index contributed by atoms with van der Waals surface area (Å²) >= 11 is 12.5. The first-order valence-corrected chi connectivity index (χ1v) is 11.7. The summed E-state index contributed by atoms with van der Waals surface area (Å²) in [6.07, 6.45) is 4.52. The normalized spacial score (nSPS) is 16.5. The highest BCUT2D eigenvalue weighted by molar-refractivity contribution is 6.43. The van der Waals surface area contributed by atoms with Crippen molar-refractivity contribution in [3.05, 3.63) is 50.9 Å². The van der Waals surface area contributed by atoms with Crippen LogP contribution in [0.3, 0.4) is 0 Å². The van der Waals surface area contributed by atoms with Crippen LogP contribution in [0.5, 0.6) is 5.88 Å². The second-order valence-corrected chi connectivity index (χ2v) is 8.42. The molecular formula is C24H31Cl2N3O2. The molecule has 0 radical (unpaired) electrons. The minimum Gasteiger partial charge on any atom is -0.510 e. The highest BCUT2D eigenvalue weighted by atomic mass is 35.5. The van der Waals surface area contributed by atoms with Gasteiger partial charge in [-0.15, -0.1) is 0 Å². The zero-order valence-corrected chi connectivity index (χ0v) is 19.8. The number of ether oxygens (including phenoxy) is 1. The van der Waals surface area contributed by atoms with Gasteiger partial charge in [0, 0.05) is 38.7 Å². The summed E-state index contributed by atoms with van der Waals surface area (Å²) in [7, 11) is 0. The second-order valence-electron chi connectivity index (χ2n) is 7.63. The maximum absolute atomic E-state index is 10.1. The smallest absolute Gasteiger partial charge is 0.213 e. The molecule has 1 fully saturated rings. The Kier molecular flexibility index (Phi) is 8.88. The van der Waals surface area contributed by atoms with Crippen LogP contribution in [-0.2, 0) is 0 Å². The fourth-order valence-electron chi connectivity index (χ4n) is 3.73. The number of aliphatic hydroxyl groups is 1. The van der Waals surface area contributed by atoms with Crippen molar-refractivity contribution in [2.24, 2.45) is 0 Å². The molecule has 0 spiro atoms. The third kappa shape index (κ3) is 6.28. The van der Waals surface area contributed by atoms with Crippen LogP contribution in [0.2, 0.25) is 10.0 Å². The summed E-state index contributed by atoms with van der Waals surface area (Å²) in [6.45, 7) is 9.43. The largest absolute Gasteiger partial charge is 0.510 e. The lowest BCUT2D eigenvalue weighted by atomic mass is 10.2. The Morgan fingerprint density at radius 1 is 1.13 bits per heavy atom. The average Bonchev–Trinajstić information content (AvgIpc) is 2.80. The summed E-state index contributed by atoms with van der Waals surface area (Å²) in [5, 5.41) is 12.9. The number of anilines is 1. The van der Waals surface area contributed by atoms with E-state index in [2.05, 4.69) is 14.8 Å². The molecule has 0 atom stereocenters. The Morgan fingerprint density at radius 2 is 1.90 bits per heavy atom. The van der Waals surface area contributed by atoms with Gasteiger partial charge in [0.2, 0.25) is 5.88 Å². The van der Waals surface area contributed by atoms with Gasteiger partial charge in [0.25, 0.3) is 0 Å². The van der Waals surface area contributed by atoms with Crippen molar-refractivity contribution in [2.45, 2.75) is 33.1 Å². The monoisotopic (exact) mass is 463 g/mol. The number of halogens is 2. The third-order valence-electron chi connectivity index (χ3n) is 5.58. The average molecular weight is 464 g/mol. The molecule has 2 heterocycles. The van der Waals surface area contributed by atoms with Gasteiger partial charge in [-0.2, -0.15) is 0 Å². The first-order valence-electron chi connectivity index (χ1n) is 10.9. The van der Waals surface area contributed by atoms with Crippen LogP contribution < -0.4 is 20.2 Å². The van der Waals surface area contributed by atoms with Crippen molar-refractivity contribution in [1.29, 1.82) is 0 Å². The van der Waals surface area contributed by atoms with Crippen LogP contribution in [0.1, 0.15) is 33.1 Å². The molecule has 1 aromatic carbocycles. The molecule has 1 aliphatic rings. The van der Waals surface area contributed by atoms with E-state index >= 15 is 0 Å². The van der Waals surface area contributed by atoms with Crippen molar-refractivity contribution in [2.75, 3.05) is 44.2 Å². The Hall–Kier alpha value is -1.95. The minimum atomic E-state index is 0.289. The van der Waals surface area contributed by atoms with Crippen LogP contribution in [0.4, 0.5) is 5.69 Å². The van der Waals surface area contributed by atoms with Gasteiger partial charge in [-0.25, -0.2) is 4.98 Å². The van der Waals surface area contributed by atoms with Gasteiger partial charge in [-0.05, 0) is 49.7 Å². The van der Waals surface area contributed by atoms with E-state index in [-0.39, 0.29) is 5.76 Å². The summed E-state index contributed by atoms with van der Waals surface area (Å²) in [6, 6.07) is 9.60. The Morgan fingerprint density at radius 3 is 2.61 bits per heavy atom. The molecule has 7 heteroatoms. The first-order chi connectivity index (χ1) is 15.0. The summed E-state index contributed by atoms with van der Waals surface area (Å²) in [5.74, 6) is 0.851. The molecule has 0 amide bonds. The zero-order chi connectivity index (χ0) is 22.2. The van der Waals surface area contributed by atoms with E-state index in [1.54, 1.807) is 0 Å². The number of piperazine rings is 1. The third-order valence-corrected chi connectivity index (χ3v) is 6.39. The number of aliphatic hydroxyl groups excluding tert-OH is 1. The molecule has 0 unspecified atom stereocenters. The molecule has 168 valence electrons. The van der Waals surface area contributed by atoms with Gasteiger partial charge in [0.15, 0.2) is 0 Å². The summed E-state index contributed by atoms with van der Waals surface area (Å²) in [5.41, 5.74) is 1.02. The lowest BCUT2D eigenvalue weighted by Gasteiger charge is -2.36. The van der Waals surface area contributed by atoms with E-state index in [4.69, 9.17) is 27.9 Å². The summed E-state index contributed by atoms with van der Waals surface area (Å²) in [4.78, 5) is 9.26. The molecule has 1 aliphatic heterocycles. The van der Waals surface area contributed by atoms with E-state index in [0.717, 1.165) is 56.5 Å². The topological polar surface area (TPSA) is 48.8 Å². The maximum Gasteiger partial charge on any atom is 0.213 e. The zero-order valence-electron chi connectivity index (χ0n) is 18.3. The van der Waals surface area contributed by atoms with Crippen molar-refractivity contribution in [3.8, 4) is 5.88 Å². The lowest BCUT2D eigenvalue weighted by molar-refractivity contribution is 0.236. The van der Waals surface area contributed by atoms with Crippen LogP contribution in [0.25, 0.3) is 11.8 Å². The number of unbranched alkanes of at least 4 members (excludes halogenated alkanes) is 1. The number of hydrogen-bond acceptors (Lipinski definition) is 5. The molecule has 0 bridgehead atoms. The standard InChI is InChI=1S/C24H31Cl2N3O2/c1-3-18-10-11-22(27-24(18)21(30)4-2)31-17-6-5-12-28-13-15-29(16-14-28)20-9-7-8-19(25)23(20)26/h3,7-11,30H,4-6,12-17H2,1-2H3/b18-3-,24-21-. The van der Waals surface area contributed by atoms with Crippen molar-refractivity contribution >= 4 is 40.7 Å². The fourth-order valence-corrected chi connectivity index (χ4v) is 4.14. The van der Waals surface area contributed by atoms with Gasteiger partial charge in [-0.1, -0.05) is 42.3 Å². The van der Waals surface area contributed by atoms with Crippen LogP contribution in [0, 0.1) is 0 Å². The van der Waals surface area contributed by atoms with Crippen LogP contribution in [0.15, 0.2) is 30.3 Å². The molecule has 1 aromatic heterocycles. The SMILES string of the molecule is C/C=c1/ccc(OCCCCN2CCN(c3cccc(Cl)c3Cl)CC2)n/c1=C(\O)CC. The van der Waals surface area contributed by atoms with Crippen molar-refractivity contribution in [1.82, 2.24) is 9.88 Å². The van der Waals surface area contributed by atoms with E-state index in [1.807, 2.05) is 50.3 Å². The number of pyridine rings is 1. The number of nitrogens with zero attached hydrogens (tertiary/aromatic N) is 3. The number of hydrogen-bond donors (Lipinski definition) is 1. The minimum absolute atomic E-state index is 0.289. The van der Waals surface area contributed by atoms with E-state index in [9.17, 15) is 5.11 Å². The molecule has 3 rings (SSSR count). The Balaban J connectivity index is 1.41. The van der Waals surface area contributed by atoms with Crippen LogP contribution >= 0.6 is 23.2 Å². The lowest BCUT2D eigenvalue weighted by Crippen LogP contribution is -2.46. The summed E-state index contributed by atoms with van der Waals surface area (Å²) < 4.78 is 5.83. The van der Waals surface area contributed by atoms with E-state index < -0.39 is 0 Å². The highest BCUT2D eigenvalue weighted by Crippen LogP contribution is 2.32. The molecular weight excluding hydrogens is 433 g/mol.